The van der Waals surface area contributed by atoms with Crippen molar-refractivity contribution in [1.29, 1.82) is 0 Å². The molecule has 0 aromatic carbocycles. The van der Waals surface area contributed by atoms with Gasteiger partial charge < -0.3 is 5.73 Å². The van der Waals surface area contributed by atoms with Crippen molar-refractivity contribution in [2.45, 2.75) is 13.8 Å². The van der Waals surface area contributed by atoms with Crippen molar-refractivity contribution in [1.82, 2.24) is 9.97 Å². The van der Waals surface area contributed by atoms with Crippen LogP contribution in [0.4, 0.5) is 5.00 Å². The molecule has 0 fully saturated rings. The van der Waals surface area contributed by atoms with E-state index >= 15 is 0 Å². The monoisotopic (exact) mass is 343 g/mol. The highest BCUT2D eigenvalue weighted by Crippen LogP contribution is 2.42. The topological polar surface area (TPSA) is 51.8 Å². The average Bonchev–Trinajstić information content (AvgIpc) is 3.19. The highest BCUT2D eigenvalue weighted by Gasteiger charge is 2.16. The Labute approximate surface area is 140 Å². The molecule has 0 radical (unpaired) electrons. The Kier molecular flexibility index (Phi) is 3.25. The summed E-state index contributed by atoms with van der Waals surface area (Å²) in [4.78, 5) is 15.4. The molecule has 4 aromatic heterocycles. The molecule has 3 nitrogen and oxygen atoms in total. The molecule has 4 heterocycles. The zero-order valence-electron chi connectivity index (χ0n) is 12.1. The molecule has 22 heavy (non-hydrogen) atoms. The molecule has 0 aliphatic heterocycles. The third kappa shape index (κ3) is 2.24. The predicted molar refractivity (Wildman–Crippen MR) is 97.9 cm³/mol. The number of hydrogen-bond donors (Lipinski definition) is 1. The highest BCUT2D eigenvalue weighted by atomic mass is 32.1. The number of anilines is 1. The number of nitrogen functional groups attached to an aromatic ring is 1. The maximum absolute atomic E-state index is 6.20. The normalized spacial score (nSPS) is 11.4. The SMILES string of the molecule is Cc1ccc(-c2cnc3c(-c4ccc(C)s4)sc(N)c3n2)s1. The Bertz CT molecular complexity index is 978. The third-order valence-electron chi connectivity index (χ3n) is 3.39. The van der Waals surface area contributed by atoms with Gasteiger partial charge in [-0.15, -0.1) is 34.0 Å². The van der Waals surface area contributed by atoms with Crippen LogP contribution in [0.5, 0.6) is 0 Å². The van der Waals surface area contributed by atoms with Crippen LogP contribution in [-0.4, -0.2) is 9.97 Å². The van der Waals surface area contributed by atoms with Crippen molar-refractivity contribution < 1.29 is 0 Å². The van der Waals surface area contributed by atoms with E-state index in [1.807, 2.05) is 6.20 Å². The zero-order valence-corrected chi connectivity index (χ0v) is 14.5. The standard InChI is InChI=1S/C16H13N3S3/c1-8-3-5-11(20-8)10-7-18-13-14(19-10)16(17)22-15(13)12-6-4-9(2)21-12/h3-7H,17H2,1-2H3. The third-order valence-corrected chi connectivity index (χ3v) is 6.59. The van der Waals surface area contributed by atoms with Crippen molar-refractivity contribution in [3.05, 3.63) is 40.2 Å². The zero-order chi connectivity index (χ0) is 15.3. The van der Waals surface area contributed by atoms with E-state index in [9.17, 15) is 0 Å². The second-order valence-corrected chi connectivity index (χ2v) is 8.70. The molecular formula is C16H13N3S3. The van der Waals surface area contributed by atoms with Gasteiger partial charge in [0.15, 0.2) is 0 Å². The van der Waals surface area contributed by atoms with Crippen molar-refractivity contribution in [2.24, 2.45) is 0 Å². The van der Waals surface area contributed by atoms with Gasteiger partial charge in [0, 0.05) is 14.6 Å². The average molecular weight is 344 g/mol. The minimum Gasteiger partial charge on any atom is -0.389 e. The summed E-state index contributed by atoms with van der Waals surface area (Å²) in [6.45, 7) is 4.20. The van der Waals surface area contributed by atoms with E-state index < -0.39 is 0 Å². The predicted octanol–water partition coefficient (Wildman–Crippen LogP) is 5.35. The number of nitrogens with two attached hydrogens (primary N) is 1. The first-order chi connectivity index (χ1) is 10.6. The molecule has 6 heteroatoms. The van der Waals surface area contributed by atoms with E-state index in [1.54, 1.807) is 34.0 Å². The lowest BCUT2D eigenvalue weighted by atomic mass is 10.3. The maximum Gasteiger partial charge on any atom is 0.124 e. The Morgan fingerprint density at radius 2 is 1.55 bits per heavy atom. The van der Waals surface area contributed by atoms with Gasteiger partial charge in [0.1, 0.15) is 16.0 Å². The summed E-state index contributed by atoms with van der Waals surface area (Å²) in [7, 11) is 0. The van der Waals surface area contributed by atoms with E-state index in [2.05, 4.69) is 43.1 Å². The molecule has 0 amide bonds. The van der Waals surface area contributed by atoms with Gasteiger partial charge in [-0.2, -0.15) is 0 Å². The number of fused-ring (bicyclic) bond motifs is 1. The summed E-state index contributed by atoms with van der Waals surface area (Å²) >= 11 is 5.06. The van der Waals surface area contributed by atoms with Gasteiger partial charge >= 0.3 is 0 Å². The fourth-order valence-electron chi connectivity index (χ4n) is 2.35. The fourth-order valence-corrected chi connectivity index (χ4v) is 5.10. The molecule has 4 rings (SSSR count). The molecule has 0 spiro atoms. The Morgan fingerprint density at radius 1 is 0.864 bits per heavy atom. The van der Waals surface area contributed by atoms with Crippen LogP contribution in [0.15, 0.2) is 30.5 Å². The summed E-state index contributed by atoms with van der Waals surface area (Å²) < 4.78 is 0. The summed E-state index contributed by atoms with van der Waals surface area (Å²) in [5.74, 6) is 0. The Morgan fingerprint density at radius 3 is 2.18 bits per heavy atom. The van der Waals surface area contributed by atoms with Gasteiger partial charge in [-0.1, -0.05) is 0 Å². The van der Waals surface area contributed by atoms with Crippen molar-refractivity contribution >= 4 is 50.0 Å². The number of aromatic nitrogens is 2. The van der Waals surface area contributed by atoms with Gasteiger partial charge in [0.2, 0.25) is 0 Å². The van der Waals surface area contributed by atoms with Gasteiger partial charge in [-0.05, 0) is 38.1 Å². The molecule has 0 bridgehead atoms. The maximum atomic E-state index is 6.20. The van der Waals surface area contributed by atoms with E-state index in [0.717, 1.165) is 31.5 Å². The van der Waals surface area contributed by atoms with Gasteiger partial charge in [0.25, 0.3) is 0 Å². The quantitative estimate of drug-likeness (QED) is 0.534. The molecule has 0 saturated heterocycles. The Hall–Kier alpha value is -1.76. The summed E-state index contributed by atoms with van der Waals surface area (Å²) in [6.07, 6.45) is 1.85. The number of thiophene rings is 3. The van der Waals surface area contributed by atoms with Crippen LogP contribution in [0, 0.1) is 13.8 Å². The van der Waals surface area contributed by atoms with Gasteiger partial charge in [-0.3, -0.25) is 4.98 Å². The van der Waals surface area contributed by atoms with Crippen molar-refractivity contribution in [2.75, 3.05) is 5.73 Å². The van der Waals surface area contributed by atoms with E-state index in [-0.39, 0.29) is 0 Å². The molecule has 0 aliphatic carbocycles. The molecule has 4 aromatic rings. The minimum absolute atomic E-state index is 0.735. The Balaban J connectivity index is 1.89. The van der Waals surface area contributed by atoms with Crippen LogP contribution in [-0.2, 0) is 0 Å². The minimum atomic E-state index is 0.735. The first-order valence-corrected chi connectivity index (χ1v) is 9.25. The van der Waals surface area contributed by atoms with Crippen molar-refractivity contribution in [3.63, 3.8) is 0 Å². The number of hydrogen-bond acceptors (Lipinski definition) is 6. The molecule has 0 aliphatic rings. The number of aryl methyl sites for hydroxylation is 2. The van der Waals surface area contributed by atoms with Crippen LogP contribution in [0.25, 0.3) is 31.4 Å². The molecular weight excluding hydrogens is 330 g/mol. The summed E-state index contributed by atoms with van der Waals surface area (Å²) in [5, 5.41) is 0.735. The summed E-state index contributed by atoms with van der Waals surface area (Å²) in [5.41, 5.74) is 8.81. The highest BCUT2D eigenvalue weighted by molar-refractivity contribution is 7.25. The number of nitrogens with zero attached hydrogens (tertiary/aromatic N) is 2. The first kappa shape index (κ1) is 13.9. The van der Waals surface area contributed by atoms with Crippen LogP contribution in [0.2, 0.25) is 0 Å². The van der Waals surface area contributed by atoms with E-state index in [4.69, 9.17) is 10.7 Å². The second kappa shape index (κ2) is 5.15. The lowest BCUT2D eigenvalue weighted by Crippen LogP contribution is -1.88. The van der Waals surface area contributed by atoms with E-state index in [0.29, 0.717) is 0 Å². The van der Waals surface area contributed by atoms with Crippen molar-refractivity contribution in [3.8, 4) is 20.3 Å². The largest absolute Gasteiger partial charge is 0.389 e. The molecule has 0 atom stereocenters. The first-order valence-electron chi connectivity index (χ1n) is 6.80. The van der Waals surface area contributed by atoms with Crippen LogP contribution in [0.3, 0.4) is 0 Å². The smallest absolute Gasteiger partial charge is 0.124 e. The lowest BCUT2D eigenvalue weighted by Gasteiger charge is -1.98. The second-order valence-electron chi connectivity index (χ2n) is 5.07. The van der Waals surface area contributed by atoms with Crippen LogP contribution in [0.1, 0.15) is 9.75 Å². The molecule has 2 N–H and O–H groups in total. The fraction of sp³-hybridized carbons (Fsp3) is 0.125. The van der Waals surface area contributed by atoms with Crippen LogP contribution >= 0.6 is 34.0 Å². The molecule has 0 saturated carbocycles. The van der Waals surface area contributed by atoms with Gasteiger partial charge in [-0.25, -0.2) is 4.98 Å². The summed E-state index contributed by atoms with van der Waals surface area (Å²) in [6, 6.07) is 8.44. The van der Waals surface area contributed by atoms with E-state index in [1.165, 1.54) is 14.6 Å². The van der Waals surface area contributed by atoms with Crippen LogP contribution < -0.4 is 5.73 Å². The molecule has 110 valence electrons. The number of rotatable bonds is 2. The lowest BCUT2D eigenvalue weighted by molar-refractivity contribution is 1.32. The molecule has 0 unspecified atom stereocenters. The van der Waals surface area contributed by atoms with Gasteiger partial charge in [0.05, 0.1) is 21.6 Å².